The van der Waals surface area contributed by atoms with Crippen molar-refractivity contribution in [1.29, 1.82) is 0 Å². The zero-order valence-electron chi connectivity index (χ0n) is 47.3. The molecule has 0 saturated carbocycles. The van der Waals surface area contributed by atoms with E-state index in [9.17, 15) is 2.74 Å². The maximum absolute atomic E-state index is 9.53. The molecule has 8 aromatic carbocycles. The van der Waals surface area contributed by atoms with Gasteiger partial charge in [-0.1, -0.05) is 179 Å². The molecule has 75 heavy (non-hydrogen) atoms. The standard InChI is InChI=1S/C70H68N4O/c1-44(2)34-45-35-46(37-48(36-45)69(6,7)8)60-38-49(70(9,10)11)39-61-56-25-15-13-23-54(56)53-22-12-14-24-55(53)59-27-19-29-63-67(59)73(66(60)61)43-72(63)50-20-18-21-51(41-50)75-52-30-31-58-57-26-16-17-28-62(57)74(64(58)42-52)65-40-47(32-33-71-65)68(3,4)5/h12-33,35-42,44H,34,43H2,1-11H3/i34D2. The van der Waals surface area contributed by atoms with Crippen LogP contribution in [0.25, 0.3) is 82.1 Å². The summed E-state index contributed by atoms with van der Waals surface area (Å²) in [6.07, 6.45) is 0.360. The SMILES string of the molecule is [2H]C([2H])(c1cc(-c2cc(C(C)(C)C)cc3c4ccccc4c4ccccc4c4cccc5c4n(c23)CN5c2cccc(Oc3ccc4c5ccccc5n(-c5cc(C(C)(C)C)ccn5)c4c3)c2)cc(C(C)(C)C)c1)C(C)C. The van der Waals surface area contributed by atoms with Crippen molar-refractivity contribution in [3.8, 4) is 28.4 Å². The van der Waals surface area contributed by atoms with Crippen LogP contribution in [0.2, 0.25) is 0 Å². The lowest BCUT2D eigenvalue weighted by atomic mass is 9.81. The summed E-state index contributed by atoms with van der Waals surface area (Å²) in [5, 5.41) is 9.27. The van der Waals surface area contributed by atoms with Gasteiger partial charge in [-0.2, -0.15) is 0 Å². The van der Waals surface area contributed by atoms with E-state index < -0.39 is 6.37 Å². The van der Waals surface area contributed by atoms with E-state index in [0.29, 0.717) is 12.2 Å². The van der Waals surface area contributed by atoms with Crippen molar-refractivity contribution in [3.63, 3.8) is 0 Å². The van der Waals surface area contributed by atoms with Gasteiger partial charge in [0.1, 0.15) is 24.0 Å². The molecule has 0 bridgehead atoms. The highest BCUT2D eigenvalue weighted by atomic mass is 16.5. The van der Waals surface area contributed by atoms with Crippen LogP contribution in [0.5, 0.6) is 11.5 Å². The molecule has 374 valence electrons. The van der Waals surface area contributed by atoms with Crippen molar-refractivity contribution >= 4 is 76.5 Å². The monoisotopic (exact) mass is 983 g/mol. The molecule has 3 aromatic heterocycles. The van der Waals surface area contributed by atoms with Gasteiger partial charge in [-0.25, -0.2) is 4.98 Å². The van der Waals surface area contributed by atoms with Gasteiger partial charge in [0.25, 0.3) is 0 Å². The van der Waals surface area contributed by atoms with Crippen LogP contribution in [0.3, 0.4) is 0 Å². The van der Waals surface area contributed by atoms with E-state index in [1.54, 1.807) is 0 Å². The van der Waals surface area contributed by atoms with Crippen LogP contribution in [0.4, 0.5) is 11.4 Å². The molecule has 0 unspecified atom stereocenters. The fraction of sp³-hybridized carbons (Fsp3) is 0.243. The van der Waals surface area contributed by atoms with E-state index in [0.717, 1.165) is 89.0 Å². The highest BCUT2D eigenvalue weighted by molar-refractivity contribution is 6.22. The number of rotatable bonds is 7. The summed E-state index contributed by atoms with van der Waals surface area (Å²) in [6, 6.07) is 63.7. The first-order chi connectivity index (χ1) is 36.6. The summed E-state index contributed by atoms with van der Waals surface area (Å²) in [4.78, 5) is 7.36. The van der Waals surface area contributed by atoms with Gasteiger partial charge in [0.2, 0.25) is 0 Å². The quantitative estimate of drug-likeness (QED) is 0.160. The summed E-state index contributed by atoms with van der Waals surface area (Å²) >= 11 is 0. The van der Waals surface area contributed by atoms with E-state index in [2.05, 4.69) is 246 Å². The molecule has 0 amide bonds. The number of pyridine rings is 1. The number of fused-ring (bicyclic) bond motifs is 10. The fourth-order valence-electron chi connectivity index (χ4n) is 11.4. The van der Waals surface area contributed by atoms with Gasteiger partial charge in [-0.3, -0.25) is 4.57 Å². The van der Waals surface area contributed by atoms with Crippen LogP contribution in [-0.4, -0.2) is 14.1 Å². The number of anilines is 2. The number of benzene rings is 8. The Kier molecular flexibility index (Phi) is 10.9. The second-order valence-electron chi connectivity index (χ2n) is 24.1. The van der Waals surface area contributed by atoms with Gasteiger partial charge < -0.3 is 14.2 Å². The van der Waals surface area contributed by atoms with Crippen LogP contribution in [0, 0.1) is 5.92 Å². The Morgan fingerprint density at radius 3 is 1.80 bits per heavy atom. The molecular formula is C70H68N4O. The zero-order chi connectivity index (χ0) is 53.9. The van der Waals surface area contributed by atoms with Crippen molar-refractivity contribution < 1.29 is 7.48 Å². The number of ether oxygens (including phenoxy) is 1. The number of para-hydroxylation sites is 2. The Balaban J connectivity index is 1.09. The first-order valence-electron chi connectivity index (χ1n) is 27.7. The molecule has 0 atom stereocenters. The molecule has 0 aliphatic carbocycles. The van der Waals surface area contributed by atoms with Crippen molar-refractivity contribution in [3.05, 3.63) is 204 Å². The summed E-state index contributed by atoms with van der Waals surface area (Å²) in [5.74, 6) is 2.12. The van der Waals surface area contributed by atoms with E-state index in [-0.39, 0.29) is 22.2 Å². The summed E-state index contributed by atoms with van der Waals surface area (Å²) in [5.41, 5.74) is 12.3. The highest BCUT2D eigenvalue weighted by Crippen LogP contribution is 2.47. The molecule has 5 nitrogen and oxygen atoms in total. The normalized spacial score (nSPS) is 13.7. The zero-order valence-corrected chi connectivity index (χ0v) is 45.3. The number of hydrogen-bond donors (Lipinski definition) is 0. The predicted molar refractivity (Wildman–Crippen MR) is 319 cm³/mol. The summed E-state index contributed by atoms with van der Waals surface area (Å²) in [7, 11) is 0. The largest absolute Gasteiger partial charge is 0.457 e. The minimum absolute atomic E-state index is 0.0364. The highest BCUT2D eigenvalue weighted by Gasteiger charge is 2.28. The smallest absolute Gasteiger partial charge is 0.137 e. The number of aromatic nitrogens is 3. The van der Waals surface area contributed by atoms with Gasteiger partial charge >= 0.3 is 0 Å². The van der Waals surface area contributed by atoms with E-state index >= 15 is 0 Å². The first kappa shape index (κ1) is 45.7. The van der Waals surface area contributed by atoms with Crippen LogP contribution in [0.15, 0.2) is 182 Å². The Hall–Kier alpha value is -7.89. The van der Waals surface area contributed by atoms with Gasteiger partial charge in [0.05, 0.1) is 27.8 Å². The average Bonchev–Trinajstić information content (AvgIpc) is 4.16. The maximum atomic E-state index is 9.53. The van der Waals surface area contributed by atoms with E-state index in [1.807, 2.05) is 26.1 Å². The van der Waals surface area contributed by atoms with Crippen molar-refractivity contribution in [2.75, 3.05) is 4.90 Å². The Morgan fingerprint density at radius 1 is 0.507 bits per heavy atom. The Bertz CT molecular complexity index is 4250. The third-order valence-corrected chi connectivity index (χ3v) is 15.2. The molecule has 1 aliphatic rings. The summed E-state index contributed by atoms with van der Waals surface area (Å²) < 4.78 is 30.8. The van der Waals surface area contributed by atoms with Crippen LogP contribution >= 0.6 is 0 Å². The Morgan fingerprint density at radius 2 is 1.11 bits per heavy atom. The second-order valence-corrected chi connectivity index (χ2v) is 24.1. The number of nitrogens with zero attached hydrogens (tertiary/aromatic N) is 4. The van der Waals surface area contributed by atoms with Gasteiger partial charge in [-0.15, -0.1) is 0 Å². The minimum atomic E-state index is -1.56. The third kappa shape index (κ3) is 8.57. The van der Waals surface area contributed by atoms with Crippen LogP contribution < -0.4 is 9.64 Å². The molecular weight excluding hydrogens is 913 g/mol. The van der Waals surface area contributed by atoms with Crippen LogP contribution in [0.1, 0.15) is 101 Å². The van der Waals surface area contributed by atoms with Crippen molar-refractivity contribution in [1.82, 2.24) is 14.1 Å². The van der Waals surface area contributed by atoms with E-state index in [1.165, 1.54) is 32.7 Å². The molecule has 4 heterocycles. The molecule has 0 fully saturated rings. The topological polar surface area (TPSA) is 35.2 Å². The summed E-state index contributed by atoms with van der Waals surface area (Å²) in [6.45, 7) is 24.8. The van der Waals surface area contributed by atoms with Gasteiger partial charge in [0.15, 0.2) is 0 Å². The molecule has 0 radical (unpaired) electrons. The lowest BCUT2D eigenvalue weighted by Crippen LogP contribution is -2.16. The molecule has 0 spiro atoms. The first-order valence-corrected chi connectivity index (χ1v) is 26.7. The molecule has 0 N–H and O–H groups in total. The molecule has 0 saturated heterocycles. The third-order valence-electron chi connectivity index (χ3n) is 15.2. The van der Waals surface area contributed by atoms with Crippen molar-refractivity contribution in [2.24, 2.45) is 5.92 Å². The molecule has 5 heteroatoms. The predicted octanol–water partition coefficient (Wildman–Crippen LogP) is 19.4. The second kappa shape index (κ2) is 17.9. The van der Waals surface area contributed by atoms with Gasteiger partial charge in [0, 0.05) is 53.9 Å². The average molecular weight is 983 g/mol. The molecule has 12 rings (SSSR count). The maximum Gasteiger partial charge on any atom is 0.137 e. The molecule has 1 aliphatic heterocycles. The van der Waals surface area contributed by atoms with Crippen molar-refractivity contribution in [2.45, 2.75) is 105 Å². The fourth-order valence-corrected chi connectivity index (χ4v) is 11.4. The minimum Gasteiger partial charge on any atom is -0.457 e. The van der Waals surface area contributed by atoms with Gasteiger partial charge in [-0.05, 0) is 139 Å². The lowest BCUT2D eigenvalue weighted by Gasteiger charge is -2.25. The lowest BCUT2D eigenvalue weighted by molar-refractivity contribution is 0.483. The number of hydrogen-bond acceptors (Lipinski definition) is 3. The van der Waals surface area contributed by atoms with E-state index in [4.69, 9.17) is 9.72 Å². The molecule has 11 aromatic rings. The Labute approximate surface area is 445 Å². The van der Waals surface area contributed by atoms with Crippen LogP contribution in [-0.2, 0) is 29.3 Å².